The van der Waals surface area contributed by atoms with Gasteiger partial charge in [-0.3, -0.25) is 14.7 Å². The summed E-state index contributed by atoms with van der Waals surface area (Å²) in [6, 6.07) is 0.874. The lowest BCUT2D eigenvalue weighted by Crippen LogP contribution is -2.67. The monoisotopic (exact) mass is 549 g/mol. The predicted molar refractivity (Wildman–Crippen MR) is 137 cm³/mol. The first kappa shape index (κ1) is 26.6. The van der Waals surface area contributed by atoms with Crippen molar-refractivity contribution >= 4 is 35.8 Å². The van der Waals surface area contributed by atoms with Crippen LogP contribution in [0, 0.1) is 5.41 Å². The number of guanidine groups is 1. The summed E-state index contributed by atoms with van der Waals surface area (Å²) in [7, 11) is 1.87. The molecule has 31 heavy (non-hydrogen) atoms. The van der Waals surface area contributed by atoms with E-state index in [1.54, 1.807) is 0 Å². The molecule has 1 spiro atoms. The van der Waals surface area contributed by atoms with Crippen molar-refractivity contribution in [2.45, 2.75) is 89.8 Å². The molecule has 8 heteroatoms. The minimum Gasteiger partial charge on any atom is -0.378 e. The Hall–Kier alpha value is -0.610. The van der Waals surface area contributed by atoms with Gasteiger partial charge in [-0.15, -0.1) is 24.0 Å². The van der Waals surface area contributed by atoms with Gasteiger partial charge in [0.15, 0.2) is 5.96 Å². The van der Waals surface area contributed by atoms with Crippen molar-refractivity contribution in [3.63, 3.8) is 0 Å². The molecule has 180 valence electrons. The highest BCUT2D eigenvalue weighted by atomic mass is 127. The van der Waals surface area contributed by atoms with E-state index in [0.29, 0.717) is 30.1 Å². The van der Waals surface area contributed by atoms with Gasteiger partial charge in [0.05, 0.1) is 12.6 Å². The fraction of sp³-hybridized carbons (Fsp3) is 0.913. The smallest absolute Gasteiger partial charge is 0.234 e. The minimum atomic E-state index is 0. The molecule has 0 aromatic rings. The number of nitrogens with one attached hydrogen (secondary N) is 3. The van der Waals surface area contributed by atoms with Gasteiger partial charge in [-0.05, 0) is 45.4 Å². The Morgan fingerprint density at radius 3 is 2.45 bits per heavy atom. The van der Waals surface area contributed by atoms with Crippen molar-refractivity contribution in [2.24, 2.45) is 10.4 Å². The van der Waals surface area contributed by atoms with Crippen LogP contribution in [0.25, 0.3) is 0 Å². The van der Waals surface area contributed by atoms with Gasteiger partial charge in [-0.25, -0.2) is 0 Å². The highest BCUT2D eigenvalue weighted by Gasteiger charge is 2.55. The van der Waals surface area contributed by atoms with Crippen LogP contribution in [0.1, 0.15) is 71.6 Å². The number of nitrogens with zero attached hydrogens (tertiary/aromatic N) is 2. The van der Waals surface area contributed by atoms with Gasteiger partial charge >= 0.3 is 0 Å². The van der Waals surface area contributed by atoms with Crippen molar-refractivity contribution in [1.82, 2.24) is 20.9 Å². The zero-order chi connectivity index (χ0) is 21.4. The van der Waals surface area contributed by atoms with Crippen LogP contribution in [0.3, 0.4) is 0 Å². The van der Waals surface area contributed by atoms with Gasteiger partial charge < -0.3 is 20.7 Å². The minimum absolute atomic E-state index is 0. The van der Waals surface area contributed by atoms with Crippen LogP contribution in [0.5, 0.6) is 0 Å². The zero-order valence-corrected chi connectivity index (χ0v) is 22.1. The number of hydrogen-bond donors (Lipinski definition) is 3. The SMILES string of the molecule is CCCNC(=O)CN1CCC(NC(=NC)NC2CC(OCC)C23CCCCC3)CC1.I. The molecule has 7 nitrogen and oxygen atoms in total. The van der Waals surface area contributed by atoms with E-state index in [-0.39, 0.29) is 29.9 Å². The Bertz CT molecular complexity index is 574. The highest BCUT2D eigenvalue weighted by molar-refractivity contribution is 14.0. The Kier molecular flexibility index (Phi) is 11.3. The molecule has 0 bridgehead atoms. The van der Waals surface area contributed by atoms with E-state index in [2.05, 4.69) is 39.7 Å². The first-order chi connectivity index (χ1) is 14.6. The molecule has 3 N–H and O–H groups in total. The quantitative estimate of drug-likeness (QED) is 0.247. The summed E-state index contributed by atoms with van der Waals surface area (Å²) in [4.78, 5) is 18.7. The average Bonchev–Trinajstić information content (AvgIpc) is 2.78. The number of aliphatic imine (C=N–C) groups is 1. The molecular formula is C23H44IN5O2. The van der Waals surface area contributed by atoms with Gasteiger partial charge in [0, 0.05) is 50.8 Å². The van der Waals surface area contributed by atoms with Crippen molar-refractivity contribution in [3.05, 3.63) is 0 Å². The van der Waals surface area contributed by atoms with Crippen molar-refractivity contribution in [3.8, 4) is 0 Å². The lowest BCUT2D eigenvalue weighted by Gasteiger charge is -2.58. The third kappa shape index (κ3) is 6.93. The first-order valence-corrected chi connectivity index (χ1v) is 12.2. The lowest BCUT2D eigenvalue weighted by atomic mass is 9.55. The highest BCUT2D eigenvalue weighted by Crippen LogP contribution is 2.53. The second-order valence-electron chi connectivity index (χ2n) is 9.29. The van der Waals surface area contributed by atoms with Gasteiger partial charge in [-0.2, -0.15) is 0 Å². The Labute approximate surface area is 205 Å². The Balaban J connectivity index is 0.00000341. The normalized spacial score (nSPS) is 26.6. The van der Waals surface area contributed by atoms with Crippen molar-refractivity contribution in [2.75, 3.05) is 39.8 Å². The van der Waals surface area contributed by atoms with Crippen LogP contribution in [-0.2, 0) is 9.53 Å². The number of amides is 1. The topological polar surface area (TPSA) is 78.0 Å². The van der Waals surface area contributed by atoms with E-state index in [0.717, 1.165) is 57.9 Å². The van der Waals surface area contributed by atoms with Gasteiger partial charge in [0.25, 0.3) is 0 Å². The van der Waals surface area contributed by atoms with E-state index in [9.17, 15) is 4.79 Å². The van der Waals surface area contributed by atoms with E-state index in [1.165, 1.54) is 32.1 Å². The third-order valence-corrected chi connectivity index (χ3v) is 7.34. The summed E-state index contributed by atoms with van der Waals surface area (Å²) in [5.41, 5.74) is 0.293. The fourth-order valence-corrected chi connectivity index (χ4v) is 5.55. The molecule has 2 atom stereocenters. The number of piperidine rings is 1. The predicted octanol–water partition coefficient (Wildman–Crippen LogP) is 2.89. The molecule has 2 aliphatic carbocycles. The summed E-state index contributed by atoms with van der Waals surface area (Å²) in [5.74, 6) is 1.08. The second-order valence-corrected chi connectivity index (χ2v) is 9.29. The van der Waals surface area contributed by atoms with Crippen LogP contribution in [0.2, 0.25) is 0 Å². The number of hydrogen-bond acceptors (Lipinski definition) is 4. The van der Waals surface area contributed by atoms with Crippen molar-refractivity contribution < 1.29 is 9.53 Å². The van der Waals surface area contributed by atoms with Crippen molar-refractivity contribution in [1.29, 1.82) is 0 Å². The van der Waals surface area contributed by atoms with E-state index in [4.69, 9.17) is 4.74 Å². The summed E-state index contributed by atoms with van der Waals surface area (Å²) in [6.45, 7) is 8.19. The van der Waals surface area contributed by atoms with Crippen LogP contribution in [-0.4, -0.2) is 74.8 Å². The molecule has 1 aliphatic heterocycles. The Morgan fingerprint density at radius 2 is 1.84 bits per heavy atom. The van der Waals surface area contributed by atoms with Crippen LogP contribution in [0.4, 0.5) is 0 Å². The molecule has 0 aromatic heterocycles. The largest absolute Gasteiger partial charge is 0.378 e. The molecule has 1 amide bonds. The van der Waals surface area contributed by atoms with E-state index >= 15 is 0 Å². The molecule has 1 saturated heterocycles. The molecule has 0 radical (unpaired) electrons. The molecule has 3 rings (SSSR count). The third-order valence-electron chi connectivity index (χ3n) is 7.34. The van der Waals surface area contributed by atoms with Crippen LogP contribution < -0.4 is 16.0 Å². The fourth-order valence-electron chi connectivity index (χ4n) is 5.55. The summed E-state index contributed by atoms with van der Waals surface area (Å²) < 4.78 is 6.10. The lowest BCUT2D eigenvalue weighted by molar-refractivity contribution is -0.145. The summed E-state index contributed by atoms with van der Waals surface area (Å²) >= 11 is 0. The molecular weight excluding hydrogens is 505 g/mol. The zero-order valence-electron chi connectivity index (χ0n) is 19.8. The standard InChI is InChI=1S/C23H43N5O2.HI/c1-4-13-25-21(29)17-28-14-9-18(10-15-28)26-22(24-3)27-19-16-20(30-5-2)23(19)11-7-6-8-12-23;/h18-20H,4-17H2,1-3H3,(H,25,29)(H2,24,26,27);1H. The molecule has 2 unspecified atom stereocenters. The van der Waals surface area contributed by atoms with E-state index < -0.39 is 0 Å². The number of carbonyl (C=O) groups excluding carboxylic acids is 1. The molecule has 2 saturated carbocycles. The average molecular weight is 550 g/mol. The maximum absolute atomic E-state index is 11.9. The Morgan fingerprint density at radius 1 is 1.13 bits per heavy atom. The molecule has 0 aromatic carbocycles. The number of rotatable bonds is 8. The van der Waals surface area contributed by atoms with Gasteiger partial charge in [0.2, 0.25) is 5.91 Å². The molecule has 1 heterocycles. The second kappa shape index (κ2) is 13.2. The maximum Gasteiger partial charge on any atom is 0.234 e. The summed E-state index contributed by atoms with van der Waals surface area (Å²) in [6.07, 6.45) is 11.1. The number of halogens is 1. The van der Waals surface area contributed by atoms with Crippen LogP contribution in [0.15, 0.2) is 4.99 Å². The van der Waals surface area contributed by atoms with Gasteiger partial charge in [-0.1, -0.05) is 26.2 Å². The molecule has 3 fully saturated rings. The molecule has 3 aliphatic rings. The van der Waals surface area contributed by atoms with Crippen LogP contribution >= 0.6 is 24.0 Å². The number of ether oxygens (including phenoxy) is 1. The first-order valence-electron chi connectivity index (χ1n) is 12.2. The van der Waals surface area contributed by atoms with Gasteiger partial charge in [0.1, 0.15) is 0 Å². The summed E-state index contributed by atoms with van der Waals surface area (Å²) in [5, 5.41) is 10.4. The number of carbonyl (C=O) groups is 1. The number of likely N-dealkylation sites (tertiary alicyclic amines) is 1. The van der Waals surface area contributed by atoms with E-state index in [1.807, 2.05) is 7.05 Å². The maximum atomic E-state index is 11.9.